The molecule has 4 nitrogen and oxygen atoms in total. The van der Waals surface area contributed by atoms with Crippen LogP contribution in [0, 0.1) is 6.92 Å². The van der Waals surface area contributed by atoms with E-state index in [0.29, 0.717) is 6.42 Å². The zero-order valence-corrected chi connectivity index (χ0v) is 12.3. The van der Waals surface area contributed by atoms with Gasteiger partial charge in [-0.25, -0.2) is 0 Å². The van der Waals surface area contributed by atoms with Crippen molar-refractivity contribution in [2.24, 2.45) is 0 Å². The summed E-state index contributed by atoms with van der Waals surface area (Å²) in [5, 5.41) is 6.35. The summed E-state index contributed by atoms with van der Waals surface area (Å²) in [6.07, 6.45) is 1.40. The molecule has 1 saturated heterocycles. The fourth-order valence-corrected chi connectivity index (χ4v) is 2.52. The van der Waals surface area contributed by atoms with Gasteiger partial charge in [0.2, 0.25) is 5.91 Å². The molecule has 2 rings (SSSR count). The van der Waals surface area contributed by atoms with Crippen LogP contribution in [0.3, 0.4) is 0 Å². The highest BCUT2D eigenvalue weighted by Gasteiger charge is 2.09. The van der Waals surface area contributed by atoms with Gasteiger partial charge in [0.05, 0.1) is 0 Å². The Bertz CT molecular complexity index is 427. The molecule has 1 heterocycles. The third-order valence-corrected chi connectivity index (χ3v) is 3.84. The van der Waals surface area contributed by atoms with Crippen LogP contribution in [0.1, 0.15) is 17.5 Å². The molecule has 1 aliphatic heterocycles. The van der Waals surface area contributed by atoms with Crippen LogP contribution in [-0.2, 0) is 11.2 Å². The Morgan fingerprint density at radius 2 is 2.05 bits per heavy atom. The lowest BCUT2D eigenvalue weighted by atomic mass is 10.0. The molecule has 0 saturated carbocycles. The zero-order valence-electron chi connectivity index (χ0n) is 12.3. The number of hydrogen-bond donors (Lipinski definition) is 2. The summed E-state index contributed by atoms with van der Waals surface area (Å²) in [7, 11) is 0. The second-order valence-corrected chi connectivity index (χ2v) is 5.37. The predicted octanol–water partition coefficient (Wildman–Crippen LogP) is 0.949. The van der Waals surface area contributed by atoms with Crippen LogP contribution in [0.4, 0.5) is 0 Å². The highest BCUT2D eigenvalue weighted by atomic mass is 16.1. The largest absolute Gasteiger partial charge is 0.355 e. The number of piperazine rings is 1. The maximum absolute atomic E-state index is 11.8. The molecule has 4 heteroatoms. The molecule has 2 N–H and O–H groups in total. The third kappa shape index (κ3) is 4.94. The number of carbonyl (C=O) groups excluding carboxylic acids is 1. The van der Waals surface area contributed by atoms with Gasteiger partial charge in [-0.3, -0.25) is 9.69 Å². The Morgan fingerprint density at radius 3 is 2.80 bits per heavy atom. The Hall–Kier alpha value is -1.39. The van der Waals surface area contributed by atoms with E-state index in [4.69, 9.17) is 0 Å². The molecule has 0 aromatic heterocycles. The number of nitrogens with zero attached hydrogens (tertiary/aromatic N) is 1. The van der Waals surface area contributed by atoms with E-state index >= 15 is 0 Å². The maximum atomic E-state index is 11.8. The molecule has 0 spiro atoms. The highest BCUT2D eigenvalue weighted by Crippen LogP contribution is 2.09. The first-order valence-electron chi connectivity index (χ1n) is 7.50. The molecule has 1 aliphatic rings. The lowest BCUT2D eigenvalue weighted by Gasteiger charge is -2.27. The first-order valence-corrected chi connectivity index (χ1v) is 7.50. The van der Waals surface area contributed by atoms with E-state index in [2.05, 4.69) is 34.6 Å². The van der Waals surface area contributed by atoms with Crippen molar-refractivity contribution in [2.45, 2.75) is 19.8 Å². The average Bonchev–Trinajstić information content (AvgIpc) is 2.47. The number of rotatable bonds is 6. The lowest BCUT2D eigenvalue weighted by molar-refractivity contribution is -0.121. The van der Waals surface area contributed by atoms with Crippen LogP contribution in [0.25, 0.3) is 0 Å². The maximum Gasteiger partial charge on any atom is 0.220 e. The number of benzene rings is 1. The summed E-state index contributed by atoms with van der Waals surface area (Å²) in [6, 6.07) is 8.26. The van der Waals surface area contributed by atoms with Gasteiger partial charge >= 0.3 is 0 Å². The van der Waals surface area contributed by atoms with E-state index in [1.165, 1.54) is 11.1 Å². The summed E-state index contributed by atoms with van der Waals surface area (Å²) in [4.78, 5) is 14.2. The van der Waals surface area contributed by atoms with Gasteiger partial charge in [0, 0.05) is 45.7 Å². The van der Waals surface area contributed by atoms with Crippen molar-refractivity contribution in [1.29, 1.82) is 0 Å². The van der Waals surface area contributed by atoms with Crippen molar-refractivity contribution >= 4 is 5.91 Å². The molecule has 110 valence electrons. The molecule has 0 atom stereocenters. The predicted molar refractivity (Wildman–Crippen MR) is 81.8 cm³/mol. The highest BCUT2D eigenvalue weighted by molar-refractivity contribution is 5.76. The molecule has 1 aromatic carbocycles. The summed E-state index contributed by atoms with van der Waals surface area (Å²) in [5.74, 6) is 0.156. The smallest absolute Gasteiger partial charge is 0.220 e. The summed E-state index contributed by atoms with van der Waals surface area (Å²) >= 11 is 0. The molecule has 1 fully saturated rings. The van der Waals surface area contributed by atoms with E-state index in [-0.39, 0.29) is 5.91 Å². The van der Waals surface area contributed by atoms with Crippen LogP contribution in [0.5, 0.6) is 0 Å². The lowest BCUT2D eigenvalue weighted by Crippen LogP contribution is -2.46. The first-order chi connectivity index (χ1) is 9.75. The van der Waals surface area contributed by atoms with Gasteiger partial charge in [-0.1, -0.05) is 24.3 Å². The van der Waals surface area contributed by atoms with Crippen molar-refractivity contribution in [3.8, 4) is 0 Å². The van der Waals surface area contributed by atoms with Crippen molar-refractivity contribution in [3.05, 3.63) is 35.4 Å². The molecule has 0 radical (unpaired) electrons. The molecule has 1 aromatic rings. The van der Waals surface area contributed by atoms with Crippen LogP contribution >= 0.6 is 0 Å². The Morgan fingerprint density at radius 1 is 1.30 bits per heavy atom. The Balaban J connectivity index is 1.62. The van der Waals surface area contributed by atoms with Crippen molar-refractivity contribution in [3.63, 3.8) is 0 Å². The van der Waals surface area contributed by atoms with Gasteiger partial charge in [0.25, 0.3) is 0 Å². The summed E-state index contributed by atoms with van der Waals surface area (Å²) in [6.45, 7) is 8.09. The zero-order chi connectivity index (χ0) is 14.2. The van der Waals surface area contributed by atoms with Gasteiger partial charge in [0.1, 0.15) is 0 Å². The minimum absolute atomic E-state index is 0.156. The number of carbonyl (C=O) groups is 1. The molecule has 0 aliphatic carbocycles. The van der Waals surface area contributed by atoms with Crippen LogP contribution in [0.2, 0.25) is 0 Å². The van der Waals surface area contributed by atoms with Crippen LogP contribution < -0.4 is 10.6 Å². The van der Waals surface area contributed by atoms with Gasteiger partial charge in [-0.15, -0.1) is 0 Å². The number of hydrogen-bond acceptors (Lipinski definition) is 3. The number of aryl methyl sites for hydroxylation is 2. The monoisotopic (exact) mass is 275 g/mol. The average molecular weight is 275 g/mol. The summed E-state index contributed by atoms with van der Waals surface area (Å²) < 4.78 is 0. The molecule has 1 amide bonds. The Labute approximate surface area is 121 Å². The fraction of sp³-hybridized carbons (Fsp3) is 0.562. The van der Waals surface area contributed by atoms with Gasteiger partial charge in [0.15, 0.2) is 0 Å². The Kier molecular flexibility index (Phi) is 6.02. The topological polar surface area (TPSA) is 44.4 Å². The van der Waals surface area contributed by atoms with E-state index in [1.807, 2.05) is 12.1 Å². The number of amides is 1. The van der Waals surface area contributed by atoms with E-state index < -0.39 is 0 Å². The summed E-state index contributed by atoms with van der Waals surface area (Å²) in [5.41, 5.74) is 2.53. The molecule has 0 bridgehead atoms. The van der Waals surface area contributed by atoms with Gasteiger partial charge in [-0.05, 0) is 24.5 Å². The van der Waals surface area contributed by atoms with E-state index in [1.54, 1.807) is 0 Å². The minimum Gasteiger partial charge on any atom is -0.355 e. The molecule has 0 unspecified atom stereocenters. The van der Waals surface area contributed by atoms with Crippen molar-refractivity contribution in [1.82, 2.24) is 15.5 Å². The number of nitrogens with one attached hydrogen (secondary N) is 2. The van der Waals surface area contributed by atoms with Crippen molar-refractivity contribution in [2.75, 3.05) is 39.3 Å². The van der Waals surface area contributed by atoms with Crippen LogP contribution in [-0.4, -0.2) is 50.1 Å². The van der Waals surface area contributed by atoms with Crippen molar-refractivity contribution < 1.29 is 4.79 Å². The quantitative estimate of drug-likeness (QED) is 0.812. The molecular weight excluding hydrogens is 250 g/mol. The molecule has 20 heavy (non-hydrogen) atoms. The van der Waals surface area contributed by atoms with E-state index in [9.17, 15) is 4.79 Å². The molecular formula is C16H25N3O. The SMILES string of the molecule is Cc1ccccc1CCC(=O)NCCN1CCNCC1. The van der Waals surface area contributed by atoms with Crippen LogP contribution in [0.15, 0.2) is 24.3 Å². The second kappa shape index (κ2) is 8.02. The minimum atomic E-state index is 0.156. The third-order valence-electron chi connectivity index (χ3n) is 3.84. The first kappa shape index (κ1) is 15.0. The normalized spacial score (nSPS) is 16.1. The fourth-order valence-electron chi connectivity index (χ4n) is 2.52. The second-order valence-electron chi connectivity index (χ2n) is 5.37. The van der Waals surface area contributed by atoms with E-state index in [0.717, 1.165) is 45.7 Å². The van der Waals surface area contributed by atoms with Gasteiger partial charge < -0.3 is 10.6 Å². The standard InChI is InChI=1S/C16H25N3O/c1-14-4-2-3-5-15(14)6-7-16(20)18-10-13-19-11-8-17-9-12-19/h2-5,17H,6-13H2,1H3,(H,18,20). The van der Waals surface area contributed by atoms with Gasteiger partial charge in [-0.2, -0.15) is 0 Å².